The molecular formula is C23H29N3O2S. The molecule has 0 saturated carbocycles. The monoisotopic (exact) mass is 411 g/mol. The molecule has 0 aliphatic heterocycles. The second-order valence-corrected chi connectivity index (χ2v) is 8.94. The van der Waals surface area contributed by atoms with E-state index in [1.54, 1.807) is 11.3 Å². The number of amides is 2. The van der Waals surface area contributed by atoms with E-state index >= 15 is 0 Å². The summed E-state index contributed by atoms with van der Waals surface area (Å²) < 4.78 is 0. The van der Waals surface area contributed by atoms with Crippen LogP contribution in [-0.4, -0.2) is 22.8 Å². The second kappa shape index (κ2) is 9.27. The lowest BCUT2D eigenvalue weighted by atomic mass is 10.0. The third-order valence-corrected chi connectivity index (χ3v) is 5.97. The van der Waals surface area contributed by atoms with E-state index in [4.69, 9.17) is 0 Å². The smallest absolute Gasteiger partial charge is 0.229 e. The van der Waals surface area contributed by atoms with Gasteiger partial charge in [0.15, 0.2) is 0 Å². The van der Waals surface area contributed by atoms with Crippen LogP contribution in [0.15, 0.2) is 48.0 Å². The van der Waals surface area contributed by atoms with E-state index < -0.39 is 0 Å². The standard InChI is InChI=1S/C23H29N3O2S/c1-15(2)12-16(3)26(19-7-8-20-18(13-19)9-10-24-20)23(28)14-21(25-17(4)27)22-6-5-11-29-22/h5-11,13,15-16,21,24H,12,14H2,1-4H3,(H,25,27). The Balaban J connectivity index is 1.91. The van der Waals surface area contributed by atoms with Crippen molar-refractivity contribution < 1.29 is 9.59 Å². The Morgan fingerprint density at radius 3 is 2.62 bits per heavy atom. The number of nitrogens with zero attached hydrogens (tertiary/aromatic N) is 1. The molecule has 2 heterocycles. The summed E-state index contributed by atoms with van der Waals surface area (Å²) in [6, 6.07) is 11.7. The Kier molecular flexibility index (Phi) is 6.75. The number of carbonyl (C=O) groups excluding carboxylic acids is 2. The molecule has 1 aromatic carbocycles. The molecule has 0 saturated heterocycles. The van der Waals surface area contributed by atoms with Gasteiger partial charge in [0, 0.05) is 40.6 Å². The number of rotatable bonds is 8. The molecule has 0 bridgehead atoms. The van der Waals surface area contributed by atoms with Gasteiger partial charge in [-0.05, 0) is 55.0 Å². The highest BCUT2D eigenvalue weighted by molar-refractivity contribution is 7.10. The van der Waals surface area contributed by atoms with E-state index in [9.17, 15) is 9.59 Å². The SMILES string of the molecule is CC(=O)NC(CC(=O)N(c1ccc2[nH]ccc2c1)C(C)CC(C)C)c1cccs1. The van der Waals surface area contributed by atoms with Crippen molar-refractivity contribution >= 4 is 39.7 Å². The van der Waals surface area contributed by atoms with Crippen LogP contribution < -0.4 is 10.2 Å². The van der Waals surface area contributed by atoms with Gasteiger partial charge >= 0.3 is 0 Å². The topological polar surface area (TPSA) is 65.2 Å². The Bertz CT molecular complexity index is 962. The summed E-state index contributed by atoms with van der Waals surface area (Å²) in [6.07, 6.45) is 3.04. The first-order chi connectivity index (χ1) is 13.8. The summed E-state index contributed by atoms with van der Waals surface area (Å²) in [6.45, 7) is 7.92. The fourth-order valence-corrected chi connectivity index (χ4v) is 4.63. The highest BCUT2D eigenvalue weighted by Gasteiger charge is 2.27. The third kappa shape index (κ3) is 5.26. The molecule has 3 aromatic rings. The minimum Gasteiger partial charge on any atom is -0.361 e. The average Bonchev–Trinajstić information content (AvgIpc) is 3.31. The number of hydrogen-bond donors (Lipinski definition) is 2. The van der Waals surface area contributed by atoms with Crippen LogP contribution in [0, 0.1) is 5.92 Å². The molecule has 2 aromatic heterocycles. The van der Waals surface area contributed by atoms with E-state index in [-0.39, 0.29) is 30.3 Å². The maximum absolute atomic E-state index is 13.5. The van der Waals surface area contributed by atoms with Crippen LogP contribution in [-0.2, 0) is 9.59 Å². The molecule has 2 amide bonds. The van der Waals surface area contributed by atoms with Crippen LogP contribution >= 0.6 is 11.3 Å². The number of aromatic nitrogens is 1. The molecule has 0 aliphatic rings. The zero-order chi connectivity index (χ0) is 21.0. The molecule has 0 fully saturated rings. The first kappa shape index (κ1) is 21.1. The van der Waals surface area contributed by atoms with Gasteiger partial charge in [0.05, 0.1) is 12.5 Å². The number of H-pyrrole nitrogens is 1. The third-order valence-electron chi connectivity index (χ3n) is 4.98. The average molecular weight is 412 g/mol. The van der Waals surface area contributed by atoms with Gasteiger partial charge in [0.25, 0.3) is 0 Å². The Morgan fingerprint density at radius 1 is 1.17 bits per heavy atom. The van der Waals surface area contributed by atoms with Crippen molar-refractivity contribution in [3.63, 3.8) is 0 Å². The van der Waals surface area contributed by atoms with Gasteiger partial charge in [-0.1, -0.05) is 19.9 Å². The van der Waals surface area contributed by atoms with Crippen molar-refractivity contribution in [1.29, 1.82) is 0 Å². The number of fused-ring (bicyclic) bond motifs is 1. The van der Waals surface area contributed by atoms with E-state index in [1.807, 2.05) is 46.8 Å². The number of benzene rings is 1. The van der Waals surface area contributed by atoms with E-state index in [0.717, 1.165) is 27.9 Å². The summed E-state index contributed by atoms with van der Waals surface area (Å²) in [4.78, 5) is 31.3. The van der Waals surface area contributed by atoms with Crippen LogP contribution in [0.5, 0.6) is 0 Å². The molecule has 2 unspecified atom stereocenters. The van der Waals surface area contributed by atoms with Crippen LogP contribution in [0.1, 0.15) is 51.5 Å². The van der Waals surface area contributed by atoms with Crippen LogP contribution in [0.3, 0.4) is 0 Å². The summed E-state index contributed by atoms with van der Waals surface area (Å²) >= 11 is 1.56. The number of aromatic amines is 1. The maximum Gasteiger partial charge on any atom is 0.229 e. The van der Waals surface area contributed by atoms with Crippen LogP contribution in [0.25, 0.3) is 10.9 Å². The Morgan fingerprint density at radius 2 is 1.97 bits per heavy atom. The highest BCUT2D eigenvalue weighted by atomic mass is 32.1. The molecule has 6 heteroatoms. The van der Waals surface area contributed by atoms with Crippen LogP contribution in [0.2, 0.25) is 0 Å². The normalized spacial score (nSPS) is 13.4. The molecule has 29 heavy (non-hydrogen) atoms. The van der Waals surface area contributed by atoms with Gasteiger partial charge in [-0.2, -0.15) is 0 Å². The summed E-state index contributed by atoms with van der Waals surface area (Å²) in [5.74, 6) is 0.353. The Labute approximate surface area is 176 Å². The lowest BCUT2D eigenvalue weighted by Gasteiger charge is -2.32. The van der Waals surface area contributed by atoms with E-state index in [2.05, 4.69) is 37.1 Å². The van der Waals surface area contributed by atoms with Gasteiger partial charge in [-0.25, -0.2) is 0 Å². The van der Waals surface area contributed by atoms with Crippen molar-refractivity contribution in [3.8, 4) is 0 Å². The molecule has 3 rings (SSSR count). The first-order valence-electron chi connectivity index (χ1n) is 10.0. The fraction of sp³-hybridized carbons (Fsp3) is 0.391. The van der Waals surface area contributed by atoms with Crippen molar-refractivity contribution in [2.24, 2.45) is 5.92 Å². The highest BCUT2D eigenvalue weighted by Crippen LogP contribution is 2.29. The van der Waals surface area contributed by atoms with E-state index in [1.165, 1.54) is 6.92 Å². The fourth-order valence-electron chi connectivity index (χ4n) is 3.85. The molecule has 2 atom stereocenters. The van der Waals surface area contributed by atoms with Gasteiger partial charge in [0.2, 0.25) is 11.8 Å². The molecule has 0 aliphatic carbocycles. The van der Waals surface area contributed by atoms with Crippen molar-refractivity contribution in [3.05, 3.63) is 52.9 Å². The predicted octanol–water partition coefficient (Wildman–Crippen LogP) is 5.26. The number of hydrogen-bond acceptors (Lipinski definition) is 3. The van der Waals surface area contributed by atoms with Gasteiger partial charge in [-0.3, -0.25) is 9.59 Å². The van der Waals surface area contributed by atoms with Crippen molar-refractivity contribution in [1.82, 2.24) is 10.3 Å². The van der Waals surface area contributed by atoms with Gasteiger partial charge in [-0.15, -0.1) is 11.3 Å². The molecule has 154 valence electrons. The summed E-state index contributed by atoms with van der Waals surface area (Å²) in [5.41, 5.74) is 1.94. The number of thiophene rings is 1. The van der Waals surface area contributed by atoms with Crippen LogP contribution in [0.4, 0.5) is 5.69 Å². The zero-order valence-corrected chi connectivity index (χ0v) is 18.3. The quantitative estimate of drug-likeness (QED) is 0.531. The Hall–Kier alpha value is -2.60. The lowest BCUT2D eigenvalue weighted by Crippen LogP contribution is -2.41. The number of anilines is 1. The van der Waals surface area contributed by atoms with Gasteiger partial charge < -0.3 is 15.2 Å². The first-order valence-corrected chi connectivity index (χ1v) is 10.9. The largest absolute Gasteiger partial charge is 0.361 e. The lowest BCUT2D eigenvalue weighted by molar-refractivity contribution is -0.121. The van der Waals surface area contributed by atoms with E-state index in [0.29, 0.717) is 5.92 Å². The number of nitrogens with one attached hydrogen (secondary N) is 2. The van der Waals surface area contributed by atoms with Gasteiger partial charge in [0.1, 0.15) is 0 Å². The minimum absolute atomic E-state index is 0.0141. The molecule has 0 spiro atoms. The number of carbonyl (C=O) groups is 2. The summed E-state index contributed by atoms with van der Waals surface area (Å²) in [7, 11) is 0. The summed E-state index contributed by atoms with van der Waals surface area (Å²) in [5, 5.41) is 5.99. The molecular weight excluding hydrogens is 382 g/mol. The second-order valence-electron chi connectivity index (χ2n) is 7.96. The molecule has 2 N–H and O–H groups in total. The molecule has 5 nitrogen and oxygen atoms in total. The minimum atomic E-state index is -0.315. The van der Waals surface area contributed by atoms with Crippen molar-refractivity contribution in [2.75, 3.05) is 4.90 Å². The molecule has 0 radical (unpaired) electrons. The zero-order valence-electron chi connectivity index (χ0n) is 17.4. The predicted molar refractivity (Wildman–Crippen MR) is 120 cm³/mol. The van der Waals surface area contributed by atoms with Crippen molar-refractivity contribution in [2.45, 2.75) is 52.6 Å². The maximum atomic E-state index is 13.5.